The summed E-state index contributed by atoms with van der Waals surface area (Å²) in [5.41, 5.74) is 2.64. The lowest BCUT2D eigenvalue weighted by Gasteiger charge is -2.21. The Labute approximate surface area is 152 Å². The van der Waals surface area contributed by atoms with Gasteiger partial charge in [0, 0.05) is 46.6 Å². The van der Waals surface area contributed by atoms with Gasteiger partial charge in [-0.2, -0.15) is 0 Å². The third-order valence-electron chi connectivity index (χ3n) is 4.50. The van der Waals surface area contributed by atoms with Crippen LogP contribution in [0.25, 0.3) is 0 Å². The van der Waals surface area contributed by atoms with E-state index in [0.29, 0.717) is 5.92 Å². The number of hydrogen-bond acceptors (Lipinski definition) is 3. The van der Waals surface area contributed by atoms with Gasteiger partial charge in [0.1, 0.15) is 0 Å². The highest BCUT2D eigenvalue weighted by Crippen LogP contribution is 2.14. The van der Waals surface area contributed by atoms with Crippen molar-refractivity contribution in [2.75, 3.05) is 46.6 Å². The second-order valence-corrected chi connectivity index (χ2v) is 6.65. The van der Waals surface area contributed by atoms with Crippen molar-refractivity contribution in [3.05, 3.63) is 35.4 Å². The molecule has 0 aromatic heterocycles. The third-order valence-corrected chi connectivity index (χ3v) is 4.50. The quantitative estimate of drug-likeness (QED) is 0.409. The fourth-order valence-electron chi connectivity index (χ4n) is 2.84. The van der Waals surface area contributed by atoms with Crippen molar-refractivity contribution in [3.8, 4) is 0 Å². The number of benzene rings is 1. The van der Waals surface area contributed by atoms with Crippen LogP contribution >= 0.6 is 0 Å². The van der Waals surface area contributed by atoms with Gasteiger partial charge in [-0.1, -0.05) is 29.8 Å². The zero-order chi connectivity index (χ0) is 17.7. The fraction of sp³-hybridized carbons (Fsp3) is 0.650. The average Bonchev–Trinajstić information content (AvgIpc) is 2.65. The van der Waals surface area contributed by atoms with E-state index in [4.69, 9.17) is 9.47 Å². The molecule has 1 heterocycles. The van der Waals surface area contributed by atoms with Crippen molar-refractivity contribution in [2.24, 2.45) is 10.9 Å². The number of nitrogens with zero attached hydrogens (tertiary/aromatic N) is 1. The summed E-state index contributed by atoms with van der Waals surface area (Å²) in [5, 5.41) is 6.70. The molecular formula is C20H33N3O2. The molecule has 140 valence electrons. The van der Waals surface area contributed by atoms with Gasteiger partial charge in [0.25, 0.3) is 0 Å². The van der Waals surface area contributed by atoms with E-state index in [9.17, 15) is 0 Å². The highest BCUT2D eigenvalue weighted by atomic mass is 16.5. The van der Waals surface area contributed by atoms with Gasteiger partial charge < -0.3 is 20.1 Å². The van der Waals surface area contributed by atoms with E-state index in [0.717, 1.165) is 71.2 Å². The van der Waals surface area contributed by atoms with Crippen molar-refractivity contribution < 1.29 is 9.47 Å². The lowest BCUT2D eigenvalue weighted by Crippen LogP contribution is -2.39. The smallest absolute Gasteiger partial charge is 0.190 e. The molecule has 0 bridgehead atoms. The molecule has 2 N–H and O–H groups in total. The molecule has 1 saturated heterocycles. The maximum atomic E-state index is 5.78. The average molecular weight is 348 g/mol. The minimum atomic E-state index is 0.679. The van der Waals surface area contributed by atoms with Crippen LogP contribution in [0.4, 0.5) is 0 Å². The summed E-state index contributed by atoms with van der Waals surface area (Å²) in [6.07, 6.45) is 4.25. The number of ether oxygens (including phenoxy) is 2. The highest BCUT2D eigenvalue weighted by Gasteiger charge is 2.13. The lowest BCUT2D eigenvalue weighted by molar-refractivity contribution is 0.0203. The van der Waals surface area contributed by atoms with Crippen LogP contribution in [0.15, 0.2) is 29.3 Å². The zero-order valence-corrected chi connectivity index (χ0v) is 15.7. The summed E-state index contributed by atoms with van der Waals surface area (Å²) in [6, 6.07) is 8.68. The highest BCUT2D eigenvalue weighted by molar-refractivity contribution is 5.79. The van der Waals surface area contributed by atoms with E-state index in [1.807, 2.05) is 7.05 Å². The van der Waals surface area contributed by atoms with Crippen molar-refractivity contribution in [3.63, 3.8) is 0 Å². The molecule has 1 aliphatic heterocycles. The van der Waals surface area contributed by atoms with Gasteiger partial charge >= 0.3 is 0 Å². The molecule has 0 saturated carbocycles. The van der Waals surface area contributed by atoms with E-state index in [1.54, 1.807) is 0 Å². The van der Waals surface area contributed by atoms with Gasteiger partial charge in [0.15, 0.2) is 5.96 Å². The Morgan fingerprint density at radius 2 is 1.88 bits per heavy atom. The molecule has 2 rings (SSSR count). The van der Waals surface area contributed by atoms with Crippen molar-refractivity contribution in [2.45, 2.75) is 32.6 Å². The second-order valence-electron chi connectivity index (χ2n) is 6.65. The molecule has 1 aromatic carbocycles. The van der Waals surface area contributed by atoms with Crippen LogP contribution in [0, 0.1) is 12.8 Å². The van der Waals surface area contributed by atoms with Crippen LogP contribution in [-0.2, 0) is 15.9 Å². The Morgan fingerprint density at radius 3 is 2.60 bits per heavy atom. The maximum absolute atomic E-state index is 5.78. The summed E-state index contributed by atoms with van der Waals surface area (Å²) in [5.74, 6) is 1.54. The Morgan fingerprint density at radius 1 is 1.16 bits per heavy atom. The zero-order valence-electron chi connectivity index (χ0n) is 15.7. The maximum Gasteiger partial charge on any atom is 0.190 e. The summed E-state index contributed by atoms with van der Waals surface area (Å²) < 4.78 is 11.1. The molecule has 0 atom stereocenters. The first-order valence-corrected chi connectivity index (χ1v) is 9.43. The number of aliphatic imine (C=N–C) groups is 1. The molecule has 0 spiro atoms. The summed E-state index contributed by atoms with van der Waals surface area (Å²) in [4.78, 5) is 4.26. The van der Waals surface area contributed by atoms with Gasteiger partial charge in [-0.05, 0) is 44.1 Å². The van der Waals surface area contributed by atoms with E-state index < -0.39 is 0 Å². The minimum absolute atomic E-state index is 0.679. The first-order chi connectivity index (χ1) is 12.3. The first kappa shape index (κ1) is 19.7. The predicted molar refractivity (Wildman–Crippen MR) is 103 cm³/mol. The Balaban J connectivity index is 1.49. The number of rotatable bonds is 9. The molecule has 0 aliphatic carbocycles. The summed E-state index contributed by atoms with van der Waals surface area (Å²) in [6.45, 7) is 7.31. The number of guanidine groups is 1. The van der Waals surface area contributed by atoms with Gasteiger partial charge in [0.2, 0.25) is 0 Å². The van der Waals surface area contributed by atoms with Gasteiger partial charge in [-0.15, -0.1) is 0 Å². The molecule has 1 fully saturated rings. The fourth-order valence-corrected chi connectivity index (χ4v) is 2.84. The molecular weight excluding hydrogens is 314 g/mol. The molecule has 5 heteroatoms. The molecule has 0 amide bonds. The number of hydrogen-bond donors (Lipinski definition) is 2. The monoisotopic (exact) mass is 347 g/mol. The number of aryl methyl sites for hydroxylation is 1. The Kier molecular flexibility index (Phi) is 9.37. The van der Waals surface area contributed by atoms with Gasteiger partial charge in [-0.25, -0.2) is 0 Å². The van der Waals surface area contributed by atoms with Crippen LogP contribution in [0.5, 0.6) is 0 Å². The SMILES string of the molecule is CN=C(NCCCOCC1CCOCC1)NCCc1ccc(C)cc1. The van der Waals surface area contributed by atoms with Crippen LogP contribution in [-0.4, -0.2) is 52.5 Å². The van der Waals surface area contributed by atoms with Crippen molar-refractivity contribution >= 4 is 5.96 Å². The molecule has 5 nitrogen and oxygen atoms in total. The van der Waals surface area contributed by atoms with E-state index in [-0.39, 0.29) is 0 Å². The van der Waals surface area contributed by atoms with Crippen LogP contribution in [0.3, 0.4) is 0 Å². The topological polar surface area (TPSA) is 54.9 Å². The van der Waals surface area contributed by atoms with E-state index in [2.05, 4.69) is 46.8 Å². The van der Waals surface area contributed by atoms with E-state index >= 15 is 0 Å². The number of nitrogens with one attached hydrogen (secondary N) is 2. The standard InChI is InChI=1S/C20H33N3O2/c1-17-4-6-18(7-5-17)8-12-23-20(21-2)22-11-3-13-25-16-19-9-14-24-15-10-19/h4-7,19H,3,8-16H2,1-2H3,(H2,21,22,23). The van der Waals surface area contributed by atoms with Crippen molar-refractivity contribution in [1.82, 2.24) is 10.6 Å². The summed E-state index contributed by atoms with van der Waals surface area (Å²) in [7, 11) is 1.81. The molecule has 0 radical (unpaired) electrons. The lowest BCUT2D eigenvalue weighted by atomic mass is 10.0. The van der Waals surface area contributed by atoms with Gasteiger partial charge in [-0.3, -0.25) is 4.99 Å². The third kappa shape index (κ3) is 8.36. The Bertz CT molecular complexity index is 496. The van der Waals surface area contributed by atoms with Crippen LogP contribution < -0.4 is 10.6 Å². The van der Waals surface area contributed by atoms with Crippen LogP contribution in [0.1, 0.15) is 30.4 Å². The first-order valence-electron chi connectivity index (χ1n) is 9.43. The van der Waals surface area contributed by atoms with Crippen molar-refractivity contribution in [1.29, 1.82) is 0 Å². The molecule has 0 unspecified atom stereocenters. The molecule has 1 aromatic rings. The second kappa shape index (κ2) is 11.9. The van der Waals surface area contributed by atoms with Crippen LogP contribution in [0.2, 0.25) is 0 Å². The minimum Gasteiger partial charge on any atom is -0.381 e. The van der Waals surface area contributed by atoms with Gasteiger partial charge in [0.05, 0.1) is 0 Å². The predicted octanol–water partition coefficient (Wildman–Crippen LogP) is 2.54. The molecule has 1 aliphatic rings. The largest absolute Gasteiger partial charge is 0.381 e. The Hall–Kier alpha value is -1.59. The molecule has 25 heavy (non-hydrogen) atoms. The van der Waals surface area contributed by atoms with E-state index in [1.165, 1.54) is 11.1 Å². The normalized spacial score (nSPS) is 16.0. The summed E-state index contributed by atoms with van der Waals surface area (Å²) >= 11 is 0.